The fraction of sp³-hybridized carbons (Fsp3) is 0.615. The normalized spacial score (nSPS) is 15.7. The van der Waals surface area contributed by atoms with Gasteiger partial charge in [0, 0.05) is 25.7 Å². The van der Waals surface area contributed by atoms with E-state index in [2.05, 4.69) is 14.8 Å². The zero-order valence-electron chi connectivity index (χ0n) is 11.5. The van der Waals surface area contributed by atoms with Gasteiger partial charge in [-0.25, -0.2) is 4.98 Å². The first kappa shape index (κ1) is 13.7. The monoisotopic (exact) mass is 264 g/mol. The summed E-state index contributed by atoms with van der Waals surface area (Å²) in [5, 5.41) is 10.7. The number of nitro groups is 1. The highest BCUT2D eigenvalue weighted by Gasteiger charge is 2.15. The van der Waals surface area contributed by atoms with E-state index in [4.69, 9.17) is 0 Å². The maximum atomic E-state index is 10.7. The van der Waals surface area contributed by atoms with Crippen LogP contribution < -0.4 is 4.90 Å². The van der Waals surface area contributed by atoms with Gasteiger partial charge in [0.15, 0.2) is 0 Å². The van der Waals surface area contributed by atoms with Crippen LogP contribution in [0.15, 0.2) is 12.3 Å². The highest BCUT2D eigenvalue weighted by atomic mass is 16.6. The van der Waals surface area contributed by atoms with Gasteiger partial charge in [-0.15, -0.1) is 0 Å². The first-order valence-electron chi connectivity index (χ1n) is 6.62. The van der Waals surface area contributed by atoms with Crippen LogP contribution in [-0.4, -0.2) is 48.0 Å². The Bertz CT molecular complexity index is 458. The van der Waals surface area contributed by atoms with Crippen molar-refractivity contribution in [3.8, 4) is 0 Å². The molecule has 0 radical (unpaired) electrons. The molecule has 19 heavy (non-hydrogen) atoms. The van der Waals surface area contributed by atoms with Crippen LogP contribution in [0.2, 0.25) is 0 Å². The lowest BCUT2D eigenvalue weighted by atomic mass is 10.2. The predicted molar refractivity (Wildman–Crippen MR) is 74.6 cm³/mol. The SMILES string of the molecule is Cc1cc(N(C)CCN2CCCC2)ncc1[N+](=O)[O-]. The molecule has 1 aromatic heterocycles. The Morgan fingerprint density at radius 2 is 2.16 bits per heavy atom. The second-order valence-electron chi connectivity index (χ2n) is 5.06. The standard InChI is InChI=1S/C13H20N4O2/c1-11-9-13(14-10-12(11)17(18)19)15(2)7-8-16-5-3-4-6-16/h9-10H,3-8H2,1-2H3. The van der Waals surface area contributed by atoms with Crippen molar-refractivity contribution >= 4 is 11.5 Å². The Morgan fingerprint density at radius 3 is 2.74 bits per heavy atom. The van der Waals surface area contributed by atoms with E-state index in [0.29, 0.717) is 5.56 Å². The van der Waals surface area contributed by atoms with Crippen molar-refractivity contribution in [3.05, 3.63) is 27.9 Å². The molecule has 1 aliphatic heterocycles. The van der Waals surface area contributed by atoms with Crippen LogP contribution in [0.5, 0.6) is 0 Å². The molecule has 1 fully saturated rings. The highest BCUT2D eigenvalue weighted by Crippen LogP contribution is 2.20. The van der Waals surface area contributed by atoms with Crippen LogP contribution in [0, 0.1) is 17.0 Å². The molecule has 0 unspecified atom stereocenters. The van der Waals surface area contributed by atoms with E-state index in [1.54, 1.807) is 13.0 Å². The van der Waals surface area contributed by atoms with Crippen molar-refractivity contribution in [2.75, 3.05) is 38.1 Å². The van der Waals surface area contributed by atoms with Gasteiger partial charge in [-0.1, -0.05) is 0 Å². The third-order valence-electron chi connectivity index (χ3n) is 3.61. The summed E-state index contributed by atoms with van der Waals surface area (Å²) in [4.78, 5) is 19.0. The number of hydrogen-bond donors (Lipinski definition) is 0. The van der Waals surface area contributed by atoms with Gasteiger partial charge in [0.05, 0.1) is 4.92 Å². The molecule has 6 heteroatoms. The molecule has 0 bridgehead atoms. The quantitative estimate of drug-likeness (QED) is 0.599. The van der Waals surface area contributed by atoms with Gasteiger partial charge in [0.25, 0.3) is 5.69 Å². The molecular weight excluding hydrogens is 244 g/mol. The third-order valence-corrected chi connectivity index (χ3v) is 3.61. The van der Waals surface area contributed by atoms with Gasteiger partial charge >= 0.3 is 0 Å². The van der Waals surface area contributed by atoms with E-state index in [1.807, 2.05) is 7.05 Å². The Morgan fingerprint density at radius 1 is 1.47 bits per heavy atom. The first-order valence-corrected chi connectivity index (χ1v) is 6.62. The lowest BCUT2D eigenvalue weighted by molar-refractivity contribution is -0.385. The Balaban J connectivity index is 1.96. The summed E-state index contributed by atoms with van der Waals surface area (Å²) in [6.07, 6.45) is 3.92. The van der Waals surface area contributed by atoms with Gasteiger partial charge in [0.1, 0.15) is 12.0 Å². The maximum absolute atomic E-state index is 10.7. The molecule has 0 amide bonds. The van der Waals surface area contributed by atoms with Crippen LogP contribution in [-0.2, 0) is 0 Å². The van der Waals surface area contributed by atoms with Crippen LogP contribution >= 0.6 is 0 Å². The zero-order valence-corrected chi connectivity index (χ0v) is 11.5. The maximum Gasteiger partial charge on any atom is 0.290 e. The number of aryl methyl sites for hydroxylation is 1. The van der Waals surface area contributed by atoms with Crippen LogP contribution in [0.1, 0.15) is 18.4 Å². The van der Waals surface area contributed by atoms with Crippen molar-refractivity contribution in [1.29, 1.82) is 0 Å². The molecule has 1 aliphatic rings. The number of pyridine rings is 1. The third kappa shape index (κ3) is 3.41. The minimum Gasteiger partial charge on any atom is -0.358 e. The molecule has 0 saturated carbocycles. The number of hydrogen-bond acceptors (Lipinski definition) is 5. The topological polar surface area (TPSA) is 62.5 Å². The summed E-state index contributed by atoms with van der Waals surface area (Å²) in [5.74, 6) is 0.794. The molecule has 1 saturated heterocycles. The van der Waals surface area contributed by atoms with Crippen LogP contribution in [0.25, 0.3) is 0 Å². The second-order valence-corrected chi connectivity index (χ2v) is 5.06. The molecular formula is C13H20N4O2. The van der Waals surface area contributed by atoms with Crippen molar-refractivity contribution in [1.82, 2.24) is 9.88 Å². The van der Waals surface area contributed by atoms with E-state index in [1.165, 1.54) is 32.1 Å². The average Bonchev–Trinajstić information content (AvgIpc) is 2.88. The lowest BCUT2D eigenvalue weighted by Crippen LogP contribution is -2.31. The largest absolute Gasteiger partial charge is 0.358 e. The molecule has 0 atom stereocenters. The Labute approximate surface area is 113 Å². The molecule has 0 aromatic carbocycles. The van der Waals surface area contributed by atoms with Crippen molar-refractivity contribution in [2.24, 2.45) is 0 Å². The van der Waals surface area contributed by atoms with Gasteiger partial charge < -0.3 is 9.80 Å². The summed E-state index contributed by atoms with van der Waals surface area (Å²) in [6, 6.07) is 1.78. The van der Waals surface area contributed by atoms with Gasteiger partial charge in [0.2, 0.25) is 0 Å². The Hall–Kier alpha value is -1.69. The van der Waals surface area contributed by atoms with Gasteiger partial charge in [-0.05, 0) is 38.9 Å². The number of likely N-dealkylation sites (N-methyl/N-ethyl adjacent to an activating group) is 1. The molecule has 6 nitrogen and oxygen atoms in total. The number of nitrogens with zero attached hydrogens (tertiary/aromatic N) is 4. The number of anilines is 1. The van der Waals surface area contributed by atoms with E-state index < -0.39 is 4.92 Å². The molecule has 2 rings (SSSR count). The van der Waals surface area contributed by atoms with E-state index in [0.717, 1.165) is 18.9 Å². The van der Waals surface area contributed by atoms with Crippen LogP contribution in [0.4, 0.5) is 11.5 Å². The number of rotatable bonds is 5. The first-order chi connectivity index (χ1) is 9.08. The summed E-state index contributed by atoms with van der Waals surface area (Å²) in [7, 11) is 1.98. The fourth-order valence-electron chi connectivity index (χ4n) is 2.35. The highest BCUT2D eigenvalue weighted by molar-refractivity contribution is 5.48. The number of aromatic nitrogens is 1. The van der Waals surface area contributed by atoms with E-state index >= 15 is 0 Å². The zero-order chi connectivity index (χ0) is 13.8. The van der Waals surface area contributed by atoms with Gasteiger partial charge in [-0.3, -0.25) is 10.1 Å². The summed E-state index contributed by atoms with van der Waals surface area (Å²) < 4.78 is 0. The molecule has 0 aliphatic carbocycles. The summed E-state index contributed by atoms with van der Waals surface area (Å²) in [6.45, 7) is 6.03. The molecule has 1 aromatic rings. The molecule has 0 spiro atoms. The van der Waals surface area contributed by atoms with E-state index in [-0.39, 0.29) is 5.69 Å². The van der Waals surface area contributed by atoms with Crippen molar-refractivity contribution in [3.63, 3.8) is 0 Å². The van der Waals surface area contributed by atoms with Crippen molar-refractivity contribution in [2.45, 2.75) is 19.8 Å². The average molecular weight is 264 g/mol. The lowest BCUT2D eigenvalue weighted by Gasteiger charge is -2.22. The molecule has 2 heterocycles. The molecule has 104 valence electrons. The summed E-state index contributed by atoms with van der Waals surface area (Å²) in [5.41, 5.74) is 0.736. The smallest absolute Gasteiger partial charge is 0.290 e. The molecule has 0 N–H and O–H groups in total. The fourth-order valence-corrected chi connectivity index (χ4v) is 2.35. The van der Waals surface area contributed by atoms with Crippen LogP contribution in [0.3, 0.4) is 0 Å². The minimum atomic E-state index is -0.393. The van der Waals surface area contributed by atoms with Gasteiger partial charge in [-0.2, -0.15) is 0 Å². The summed E-state index contributed by atoms with van der Waals surface area (Å²) >= 11 is 0. The minimum absolute atomic E-state index is 0.0803. The Kier molecular flexibility index (Phi) is 4.31. The number of likely N-dealkylation sites (tertiary alicyclic amines) is 1. The van der Waals surface area contributed by atoms with Crippen molar-refractivity contribution < 1.29 is 4.92 Å². The van der Waals surface area contributed by atoms with E-state index in [9.17, 15) is 10.1 Å². The predicted octanol–water partition coefficient (Wildman–Crippen LogP) is 1.83. The second kappa shape index (κ2) is 5.97.